The van der Waals surface area contributed by atoms with Crippen molar-refractivity contribution in [2.45, 2.75) is 19.4 Å². The van der Waals surface area contributed by atoms with Crippen molar-refractivity contribution in [1.82, 2.24) is 0 Å². The zero-order valence-electron chi connectivity index (χ0n) is 14.2. The van der Waals surface area contributed by atoms with Crippen molar-refractivity contribution in [3.05, 3.63) is 78.1 Å². The molecule has 1 N–H and O–H groups in total. The van der Waals surface area contributed by atoms with Crippen LogP contribution in [-0.2, 0) is 20.7 Å². The lowest BCUT2D eigenvalue weighted by atomic mass is 10.1. The molecule has 0 aromatic heterocycles. The first-order valence-electron chi connectivity index (χ1n) is 8.25. The molecule has 3 rings (SSSR count). The first kappa shape index (κ1) is 17.6. The maximum Gasteiger partial charge on any atom is 0.311 e. The van der Waals surface area contributed by atoms with Crippen molar-refractivity contribution in [1.29, 1.82) is 0 Å². The monoisotopic (exact) mass is 351 g/mol. The van der Waals surface area contributed by atoms with E-state index in [1.54, 1.807) is 12.1 Å². The van der Waals surface area contributed by atoms with Gasteiger partial charge in [-0.3, -0.25) is 9.59 Å². The first-order valence-corrected chi connectivity index (χ1v) is 8.25. The molecule has 1 atom stereocenters. The number of anilines is 1. The van der Waals surface area contributed by atoms with Gasteiger partial charge in [0.1, 0.15) is 5.82 Å². The lowest BCUT2D eigenvalue weighted by molar-refractivity contribution is -0.152. The summed E-state index contributed by atoms with van der Waals surface area (Å²) in [6, 6.07) is 19.1. The number of rotatable bonds is 5. The smallest absolute Gasteiger partial charge is 0.311 e. The van der Waals surface area contributed by atoms with Gasteiger partial charge in [-0.05, 0) is 47.5 Å². The van der Waals surface area contributed by atoms with E-state index in [2.05, 4.69) is 5.32 Å². The van der Waals surface area contributed by atoms with E-state index in [-0.39, 0.29) is 6.42 Å². The fourth-order valence-electron chi connectivity index (χ4n) is 2.62. The van der Waals surface area contributed by atoms with Gasteiger partial charge in [0.15, 0.2) is 6.10 Å². The second-order valence-electron chi connectivity index (χ2n) is 5.99. The molecular formula is C21H18FNO3. The van der Waals surface area contributed by atoms with E-state index in [1.807, 2.05) is 36.4 Å². The summed E-state index contributed by atoms with van der Waals surface area (Å²) in [5.74, 6) is -1.43. The number of nitrogens with one attached hydrogen (secondary N) is 1. The summed E-state index contributed by atoms with van der Waals surface area (Å²) in [6.45, 7) is 1.50. The number of hydrogen-bond acceptors (Lipinski definition) is 3. The second-order valence-corrected chi connectivity index (χ2v) is 5.99. The Morgan fingerprint density at radius 1 is 1.00 bits per heavy atom. The van der Waals surface area contributed by atoms with E-state index in [9.17, 15) is 14.0 Å². The fourth-order valence-corrected chi connectivity index (χ4v) is 2.62. The van der Waals surface area contributed by atoms with E-state index in [0.717, 1.165) is 10.8 Å². The van der Waals surface area contributed by atoms with Crippen LogP contribution in [0, 0.1) is 5.82 Å². The molecule has 132 valence electrons. The number of esters is 1. The van der Waals surface area contributed by atoms with Crippen LogP contribution in [0.3, 0.4) is 0 Å². The maximum atomic E-state index is 13.1. The van der Waals surface area contributed by atoms with Gasteiger partial charge in [-0.15, -0.1) is 0 Å². The van der Waals surface area contributed by atoms with E-state index < -0.39 is 23.8 Å². The van der Waals surface area contributed by atoms with Crippen molar-refractivity contribution in [2.24, 2.45) is 0 Å². The standard InChI is InChI=1S/C21H18FNO3/c1-14(26-20(24)12-15-5-4-8-18(22)11-15)21(25)23-19-10-9-16-6-2-3-7-17(16)13-19/h2-11,13-14H,12H2,1H3,(H,23,25)/t14-/m0/s1. The Bertz CT molecular complexity index is 955. The van der Waals surface area contributed by atoms with Crippen LogP contribution in [-0.4, -0.2) is 18.0 Å². The molecule has 0 aliphatic rings. The molecule has 0 saturated carbocycles. The molecule has 0 aliphatic heterocycles. The highest BCUT2D eigenvalue weighted by Gasteiger charge is 2.18. The molecular weight excluding hydrogens is 333 g/mol. The van der Waals surface area contributed by atoms with Crippen LogP contribution in [0.4, 0.5) is 10.1 Å². The molecule has 3 aromatic carbocycles. The Morgan fingerprint density at radius 3 is 2.54 bits per heavy atom. The number of fused-ring (bicyclic) bond motifs is 1. The van der Waals surface area contributed by atoms with Gasteiger partial charge in [-0.2, -0.15) is 0 Å². The van der Waals surface area contributed by atoms with Crippen molar-refractivity contribution in [3.8, 4) is 0 Å². The quantitative estimate of drug-likeness (QED) is 0.705. The lowest BCUT2D eigenvalue weighted by Crippen LogP contribution is -2.30. The minimum absolute atomic E-state index is 0.0919. The minimum atomic E-state index is -0.956. The van der Waals surface area contributed by atoms with Crippen LogP contribution < -0.4 is 5.32 Å². The van der Waals surface area contributed by atoms with Gasteiger partial charge in [0.25, 0.3) is 5.91 Å². The molecule has 5 heteroatoms. The van der Waals surface area contributed by atoms with Crippen molar-refractivity contribution >= 4 is 28.3 Å². The lowest BCUT2D eigenvalue weighted by Gasteiger charge is -2.14. The molecule has 1 amide bonds. The highest BCUT2D eigenvalue weighted by molar-refractivity contribution is 5.97. The van der Waals surface area contributed by atoms with Crippen LogP contribution >= 0.6 is 0 Å². The highest BCUT2D eigenvalue weighted by atomic mass is 19.1. The zero-order valence-corrected chi connectivity index (χ0v) is 14.2. The predicted molar refractivity (Wildman–Crippen MR) is 98.2 cm³/mol. The Balaban J connectivity index is 1.59. The maximum absolute atomic E-state index is 13.1. The van der Waals surface area contributed by atoms with Crippen molar-refractivity contribution in [2.75, 3.05) is 5.32 Å². The van der Waals surface area contributed by atoms with Crippen molar-refractivity contribution < 1.29 is 18.7 Å². The topological polar surface area (TPSA) is 55.4 Å². The van der Waals surface area contributed by atoms with Crippen molar-refractivity contribution in [3.63, 3.8) is 0 Å². The van der Waals surface area contributed by atoms with Gasteiger partial charge >= 0.3 is 5.97 Å². The van der Waals surface area contributed by atoms with E-state index in [0.29, 0.717) is 11.3 Å². The normalized spacial score (nSPS) is 11.8. The highest BCUT2D eigenvalue weighted by Crippen LogP contribution is 2.19. The Hall–Kier alpha value is -3.21. The van der Waals surface area contributed by atoms with Gasteiger partial charge in [-0.1, -0.05) is 42.5 Å². The summed E-state index contributed by atoms with van der Waals surface area (Å²) in [5.41, 5.74) is 1.12. The van der Waals surface area contributed by atoms with Gasteiger partial charge in [-0.25, -0.2) is 4.39 Å². The third kappa shape index (κ3) is 4.45. The molecule has 0 saturated heterocycles. The largest absolute Gasteiger partial charge is 0.452 e. The van der Waals surface area contributed by atoms with E-state index >= 15 is 0 Å². The van der Waals surface area contributed by atoms with Crippen LogP contribution in [0.15, 0.2) is 66.7 Å². The number of amides is 1. The summed E-state index contributed by atoms with van der Waals surface area (Å²) in [6.07, 6.45) is -1.05. The summed E-state index contributed by atoms with van der Waals surface area (Å²) in [5, 5.41) is 4.81. The number of hydrogen-bond donors (Lipinski definition) is 1. The molecule has 0 bridgehead atoms. The van der Waals surface area contributed by atoms with Crippen LogP contribution in [0.2, 0.25) is 0 Å². The Morgan fingerprint density at radius 2 is 1.77 bits per heavy atom. The Kier molecular flexibility index (Phi) is 5.27. The van der Waals surface area contributed by atoms with Crippen LogP contribution in [0.25, 0.3) is 10.8 Å². The SMILES string of the molecule is C[C@H](OC(=O)Cc1cccc(F)c1)C(=O)Nc1ccc2ccccc2c1. The summed E-state index contributed by atoms with van der Waals surface area (Å²) >= 11 is 0. The molecule has 3 aromatic rings. The molecule has 0 aliphatic carbocycles. The average Bonchev–Trinajstić information content (AvgIpc) is 2.61. The zero-order chi connectivity index (χ0) is 18.5. The number of benzene rings is 3. The second kappa shape index (κ2) is 7.78. The number of carbonyl (C=O) groups is 2. The minimum Gasteiger partial charge on any atom is -0.452 e. The number of ether oxygens (including phenoxy) is 1. The van der Waals surface area contributed by atoms with E-state index in [1.165, 1.54) is 25.1 Å². The fraction of sp³-hybridized carbons (Fsp3) is 0.143. The molecule has 0 fully saturated rings. The molecule has 0 heterocycles. The van der Waals surface area contributed by atoms with Gasteiger partial charge < -0.3 is 10.1 Å². The number of halogens is 1. The summed E-state index contributed by atoms with van der Waals surface area (Å²) < 4.78 is 18.3. The van der Waals surface area contributed by atoms with Gasteiger partial charge in [0.2, 0.25) is 0 Å². The van der Waals surface area contributed by atoms with E-state index in [4.69, 9.17) is 4.74 Å². The molecule has 0 unspecified atom stereocenters. The van der Waals surface area contributed by atoms with Crippen LogP contribution in [0.1, 0.15) is 12.5 Å². The summed E-state index contributed by atoms with van der Waals surface area (Å²) in [4.78, 5) is 24.2. The first-order chi connectivity index (χ1) is 12.5. The van der Waals surface area contributed by atoms with Gasteiger partial charge in [0.05, 0.1) is 6.42 Å². The predicted octanol–water partition coefficient (Wildman–Crippen LogP) is 4.09. The van der Waals surface area contributed by atoms with Crippen LogP contribution in [0.5, 0.6) is 0 Å². The summed E-state index contributed by atoms with van der Waals surface area (Å²) in [7, 11) is 0. The third-order valence-electron chi connectivity index (χ3n) is 3.93. The third-order valence-corrected chi connectivity index (χ3v) is 3.93. The Labute approximate surface area is 150 Å². The average molecular weight is 351 g/mol. The molecule has 4 nitrogen and oxygen atoms in total. The molecule has 0 radical (unpaired) electrons. The van der Waals surface area contributed by atoms with Gasteiger partial charge in [0, 0.05) is 5.69 Å². The molecule has 26 heavy (non-hydrogen) atoms. The molecule has 0 spiro atoms. The number of carbonyl (C=O) groups excluding carboxylic acids is 2.